The van der Waals surface area contributed by atoms with Gasteiger partial charge in [0.1, 0.15) is 5.82 Å². The zero-order valence-corrected chi connectivity index (χ0v) is 12.0. The molecule has 8 heteroatoms. The monoisotopic (exact) mass is 298 g/mol. The lowest BCUT2D eigenvalue weighted by molar-refractivity contribution is -0.123. The van der Waals surface area contributed by atoms with Crippen molar-refractivity contribution in [3.05, 3.63) is 18.2 Å². The van der Waals surface area contributed by atoms with Crippen molar-refractivity contribution in [1.29, 1.82) is 0 Å². The van der Waals surface area contributed by atoms with Gasteiger partial charge in [0.2, 0.25) is 5.91 Å². The topological polar surface area (TPSA) is 84.3 Å². The molecule has 2 aliphatic rings. The van der Waals surface area contributed by atoms with Crippen LogP contribution < -0.4 is 5.32 Å². The first-order valence-electron chi connectivity index (χ1n) is 6.74. The predicted molar refractivity (Wildman–Crippen MR) is 72.7 cm³/mol. The molecule has 1 saturated heterocycles. The summed E-state index contributed by atoms with van der Waals surface area (Å²) in [7, 11) is -2.95. The van der Waals surface area contributed by atoms with Gasteiger partial charge < -0.3 is 9.88 Å². The number of fused-ring (bicyclic) bond motifs is 1. The fraction of sp³-hybridized carbons (Fsp3) is 0.667. The van der Waals surface area contributed by atoms with Gasteiger partial charge in [-0.25, -0.2) is 13.4 Å². The Balaban J connectivity index is 1.51. The summed E-state index contributed by atoms with van der Waals surface area (Å²) in [5.41, 5.74) is 0. The predicted octanol–water partition coefficient (Wildman–Crippen LogP) is -0.998. The smallest absolute Gasteiger partial charge is 0.234 e. The number of aromatic nitrogens is 2. The van der Waals surface area contributed by atoms with Crippen LogP contribution in [0.3, 0.4) is 0 Å². The summed E-state index contributed by atoms with van der Waals surface area (Å²) in [6, 6.07) is -0.223. The van der Waals surface area contributed by atoms with E-state index in [0.29, 0.717) is 19.5 Å². The zero-order valence-electron chi connectivity index (χ0n) is 11.2. The van der Waals surface area contributed by atoms with Gasteiger partial charge in [0.15, 0.2) is 9.84 Å². The van der Waals surface area contributed by atoms with Gasteiger partial charge in [-0.15, -0.1) is 0 Å². The first-order valence-corrected chi connectivity index (χ1v) is 8.56. The standard InChI is InChI=1S/C12H18N4O3S/c17-12(14-10-1-6-20(18,19)9-10)8-15-4-5-16-3-2-13-11(16)7-15/h2-3,10H,1,4-9H2,(H,14,17)/t10-/m1/s1. The lowest BCUT2D eigenvalue weighted by Gasteiger charge is -2.27. The van der Waals surface area contributed by atoms with Crippen LogP contribution >= 0.6 is 0 Å². The highest BCUT2D eigenvalue weighted by Gasteiger charge is 2.29. The molecular formula is C12H18N4O3S. The van der Waals surface area contributed by atoms with Gasteiger partial charge in [0.05, 0.1) is 24.6 Å². The minimum atomic E-state index is -2.95. The van der Waals surface area contributed by atoms with Gasteiger partial charge in [-0.2, -0.15) is 0 Å². The first kappa shape index (κ1) is 13.6. The van der Waals surface area contributed by atoms with Crippen LogP contribution in [0.25, 0.3) is 0 Å². The Hall–Kier alpha value is -1.41. The van der Waals surface area contributed by atoms with E-state index in [9.17, 15) is 13.2 Å². The molecule has 110 valence electrons. The molecule has 1 N–H and O–H groups in total. The summed E-state index contributed by atoms with van der Waals surface area (Å²) < 4.78 is 24.8. The molecule has 0 aliphatic carbocycles. The molecule has 3 rings (SSSR count). The van der Waals surface area contributed by atoms with Crippen LogP contribution in [-0.4, -0.2) is 59.4 Å². The van der Waals surface area contributed by atoms with Crippen LogP contribution in [0.15, 0.2) is 12.4 Å². The average molecular weight is 298 g/mol. The van der Waals surface area contributed by atoms with E-state index in [2.05, 4.69) is 14.9 Å². The summed E-state index contributed by atoms with van der Waals surface area (Å²) >= 11 is 0. The highest BCUT2D eigenvalue weighted by Crippen LogP contribution is 2.12. The largest absolute Gasteiger partial charge is 0.351 e. The van der Waals surface area contributed by atoms with Crippen molar-refractivity contribution in [2.75, 3.05) is 24.6 Å². The molecule has 0 bridgehead atoms. The maximum absolute atomic E-state index is 12.0. The second-order valence-corrected chi connectivity index (χ2v) is 7.64. The van der Waals surface area contributed by atoms with Gasteiger partial charge in [0.25, 0.3) is 0 Å². The fourth-order valence-corrected chi connectivity index (χ4v) is 4.42. The fourth-order valence-electron chi connectivity index (χ4n) is 2.74. The van der Waals surface area contributed by atoms with E-state index < -0.39 is 9.84 Å². The van der Waals surface area contributed by atoms with Crippen molar-refractivity contribution in [1.82, 2.24) is 19.8 Å². The van der Waals surface area contributed by atoms with Crippen molar-refractivity contribution < 1.29 is 13.2 Å². The molecule has 0 saturated carbocycles. The number of sulfone groups is 1. The molecule has 3 heterocycles. The molecule has 1 atom stereocenters. The molecule has 2 aliphatic heterocycles. The maximum Gasteiger partial charge on any atom is 0.234 e. The molecule has 1 amide bonds. The molecule has 20 heavy (non-hydrogen) atoms. The van der Waals surface area contributed by atoms with Crippen molar-refractivity contribution in [2.24, 2.45) is 0 Å². The van der Waals surface area contributed by atoms with Crippen molar-refractivity contribution >= 4 is 15.7 Å². The summed E-state index contributed by atoms with van der Waals surface area (Å²) in [6.07, 6.45) is 4.23. The Morgan fingerprint density at radius 2 is 2.30 bits per heavy atom. The zero-order chi connectivity index (χ0) is 14.2. The molecule has 0 radical (unpaired) electrons. The first-order chi connectivity index (χ1) is 9.52. The van der Waals surface area contributed by atoms with Gasteiger partial charge >= 0.3 is 0 Å². The Bertz CT molecular complexity index is 610. The van der Waals surface area contributed by atoms with Gasteiger partial charge in [-0.1, -0.05) is 0 Å². The summed E-state index contributed by atoms with van der Waals surface area (Å²) in [5.74, 6) is 1.11. The highest BCUT2D eigenvalue weighted by atomic mass is 32.2. The van der Waals surface area contributed by atoms with Crippen molar-refractivity contribution in [3.63, 3.8) is 0 Å². The number of carbonyl (C=O) groups excluding carboxylic acids is 1. The lowest BCUT2D eigenvalue weighted by Crippen LogP contribution is -2.44. The minimum Gasteiger partial charge on any atom is -0.351 e. The SMILES string of the molecule is O=C(CN1CCn2ccnc2C1)N[C@@H]1CCS(=O)(=O)C1. The third kappa shape index (κ3) is 3.01. The van der Waals surface area contributed by atoms with Gasteiger partial charge in [0, 0.05) is 31.5 Å². The Morgan fingerprint density at radius 1 is 1.45 bits per heavy atom. The summed E-state index contributed by atoms with van der Waals surface area (Å²) in [5, 5.41) is 2.81. The number of carbonyl (C=O) groups is 1. The van der Waals surface area contributed by atoms with Crippen LogP contribution in [0.1, 0.15) is 12.2 Å². The van der Waals surface area contributed by atoms with Gasteiger partial charge in [-0.3, -0.25) is 9.69 Å². The molecule has 1 aromatic heterocycles. The second kappa shape index (κ2) is 5.17. The van der Waals surface area contributed by atoms with Crippen LogP contribution in [0.5, 0.6) is 0 Å². The quantitative estimate of drug-likeness (QED) is 0.774. The molecule has 1 fully saturated rings. The lowest BCUT2D eigenvalue weighted by atomic mass is 10.2. The average Bonchev–Trinajstić information content (AvgIpc) is 2.95. The van der Waals surface area contributed by atoms with Crippen LogP contribution in [-0.2, 0) is 27.7 Å². The Labute approximate surface area is 117 Å². The van der Waals surface area contributed by atoms with E-state index in [1.165, 1.54) is 0 Å². The van der Waals surface area contributed by atoms with E-state index in [1.54, 1.807) is 6.20 Å². The molecule has 1 aromatic rings. The van der Waals surface area contributed by atoms with Crippen molar-refractivity contribution in [2.45, 2.75) is 25.6 Å². The molecule has 0 aromatic carbocycles. The van der Waals surface area contributed by atoms with E-state index in [4.69, 9.17) is 0 Å². The summed E-state index contributed by atoms with van der Waals surface area (Å²) in [6.45, 7) is 2.59. The van der Waals surface area contributed by atoms with Crippen LogP contribution in [0.4, 0.5) is 0 Å². The van der Waals surface area contributed by atoms with E-state index >= 15 is 0 Å². The third-order valence-corrected chi connectivity index (χ3v) is 5.56. The third-order valence-electron chi connectivity index (χ3n) is 3.79. The van der Waals surface area contributed by atoms with E-state index in [0.717, 1.165) is 18.9 Å². The van der Waals surface area contributed by atoms with E-state index in [1.807, 2.05) is 11.1 Å². The van der Waals surface area contributed by atoms with E-state index in [-0.39, 0.29) is 23.5 Å². The minimum absolute atomic E-state index is 0.0726. The summed E-state index contributed by atoms with van der Waals surface area (Å²) in [4.78, 5) is 18.2. The molecule has 7 nitrogen and oxygen atoms in total. The number of hydrogen-bond acceptors (Lipinski definition) is 5. The molecule has 0 spiro atoms. The number of amides is 1. The number of imidazole rings is 1. The molecular weight excluding hydrogens is 280 g/mol. The Kier molecular flexibility index (Phi) is 3.51. The van der Waals surface area contributed by atoms with Crippen LogP contribution in [0, 0.1) is 0 Å². The molecule has 0 unspecified atom stereocenters. The number of rotatable bonds is 3. The normalized spacial score (nSPS) is 25.3. The highest BCUT2D eigenvalue weighted by molar-refractivity contribution is 7.91. The number of nitrogens with one attached hydrogen (secondary N) is 1. The second-order valence-electron chi connectivity index (χ2n) is 5.41. The van der Waals surface area contributed by atoms with Gasteiger partial charge in [-0.05, 0) is 6.42 Å². The maximum atomic E-state index is 12.0. The number of nitrogens with zero attached hydrogens (tertiary/aromatic N) is 3. The van der Waals surface area contributed by atoms with Crippen molar-refractivity contribution in [3.8, 4) is 0 Å². The Morgan fingerprint density at radius 3 is 3.05 bits per heavy atom. The number of hydrogen-bond donors (Lipinski definition) is 1. The van der Waals surface area contributed by atoms with Crippen LogP contribution in [0.2, 0.25) is 0 Å².